The molecule has 0 aromatic rings. The predicted octanol–water partition coefficient (Wildman–Crippen LogP) is 3.21. The highest BCUT2D eigenvalue weighted by Gasteiger charge is 2.31. The van der Waals surface area contributed by atoms with Crippen molar-refractivity contribution in [3.05, 3.63) is 12.7 Å². The van der Waals surface area contributed by atoms with Crippen molar-refractivity contribution in [1.29, 1.82) is 0 Å². The smallest absolute Gasteiger partial charge is 0.0593 e. The number of hydrogen-bond acceptors (Lipinski definition) is 3. The minimum absolute atomic E-state index is 0.688. The van der Waals surface area contributed by atoms with Crippen LogP contribution in [0.1, 0.15) is 51.9 Å². The fourth-order valence-corrected chi connectivity index (χ4v) is 3.86. The van der Waals surface area contributed by atoms with Crippen molar-refractivity contribution in [2.75, 3.05) is 32.8 Å². The van der Waals surface area contributed by atoms with E-state index in [2.05, 4.69) is 23.7 Å². The quantitative estimate of drug-likeness (QED) is 0.549. The first-order valence-corrected chi connectivity index (χ1v) is 9.01. The molecule has 3 heteroatoms. The number of piperazine rings is 1. The molecule has 2 fully saturated rings. The molecular weight excluding hydrogens is 260 g/mol. The fraction of sp³-hybridized carbons (Fsp3) is 0.889. The molecule has 1 aliphatic heterocycles. The Morgan fingerprint density at radius 2 is 2.05 bits per heavy atom. The highest BCUT2D eigenvalue weighted by Crippen LogP contribution is 2.28. The van der Waals surface area contributed by atoms with Gasteiger partial charge in [-0.3, -0.25) is 4.90 Å². The third kappa shape index (κ3) is 5.39. The average Bonchev–Trinajstić information content (AvgIpc) is 2.55. The van der Waals surface area contributed by atoms with Crippen LogP contribution in [0.25, 0.3) is 0 Å². The van der Waals surface area contributed by atoms with Crippen molar-refractivity contribution in [3.8, 4) is 0 Å². The van der Waals surface area contributed by atoms with E-state index in [4.69, 9.17) is 4.74 Å². The maximum absolute atomic E-state index is 5.72. The molecular formula is C18H34N2O. The minimum atomic E-state index is 0.688. The van der Waals surface area contributed by atoms with Gasteiger partial charge in [0.05, 0.1) is 13.2 Å². The lowest BCUT2D eigenvalue weighted by Gasteiger charge is -2.43. The lowest BCUT2D eigenvalue weighted by molar-refractivity contribution is 0.0520. The Morgan fingerprint density at radius 1 is 1.24 bits per heavy atom. The highest BCUT2D eigenvalue weighted by atomic mass is 16.5. The topological polar surface area (TPSA) is 24.5 Å². The minimum Gasteiger partial charge on any atom is -0.380 e. The summed E-state index contributed by atoms with van der Waals surface area (Å²) in [5.74, 6) is 0.903. The molecule has 0 spiro atoms. The van der Waals surface area contributed by atoms with Crippen LogP contribution >= 0.6 is 0 Å². The van der Waals surface area contributed by atoms with E-state index in [1.807, 2.05) is 6.08 Å². The van der Waals surface area contributed by atoms with Gasteiger partial charge in [-0.1, -0.05) is 32.3 Å². The predicted molar refractivity (Wildman–Crippen MR) is 89.7 cm³/mol. The first-order chi connectivity index (χ1) is 10.3. The molecule has 3 nitrogen and oxygen atoms in total. The fourth-order valence-electron chi connectivity index (χ4n) is 3.86. The number of hydrogen-bond donors (Lipinski definition) is 1. The zero-order valence-electron chi connectivity index (χ0n) is 13.9. The Morgan fingerprint density at radius 3 is 2.76 bits per heavy atom. The lowest BCUT2D eigenvalue weighted by atomic mass is 9.82. The van der Waals surface area contributed by atoms with Crippen LogP contribution in [-0.2, 0) is 4.74 Å². The average molecular weight is 294 g/mol. The van der Waals surface area contributed by atoms with Gasteiger partial charge in [0.1, 0.15) is 0 Å². The van der Waals surface area contributed by atoms with E-state index in [0.29, 0.717) is 12.1 Å². The van der Waals surface area contributed by atoms with Gasteiger partial charge in [0.15, 0.2) is 0 Å². The number of nitrogens with one attached hydrogen (secondary N) is 1. The van der Waals surface area contributed by atoms with Crippen LogP contribution in [-0.4, -0.2) is 49.8 Å². The van der Waals surface area contributed by atoms with E-state index in [1.165, 1.54) is 45.1 Å². The largest absolute Gasteiger partial charge is 0.380 e. The van der Waals surface area contributed by atoms with E-state index in [0.717, 1.165) is 38.6 Å². The summed E-state index contributed by atoms with van der Waals surface area (Å²) in [7, 11) is 0. The number of rotatable bonds is 8. The maximum Gasteiger partial charge on any atom is 0.0593 e. The van der Waals surface area contributed by atoms with E-state index in [1.54, 1.807) is 0 Å². The summed E-state index contributed by atoms with van der Waals surface area (Å²) < 4.78 is 5.72. The summed E-state index contributed by atoms with van der Waals surface area (Å²) in [6, 6.07) is 1.40. The zero-order chi connectivity index (χ0) is 14.9. The van der Waals surface area contributed by atoms with E-state index >= 15 is 0 Å². The molecule has 2 atom stereocenters. The van der Waals surface area contributed by atoms with E-state index in [9.17, 15) is 0 Å². The maximum atomic E-state index is 5.72. The van der Waals surface area contributed by atoms with Crippen molar-refractivity contribution in [2.24, 2.45) is 5.92 Å². The van der Waals surface area contributed by atoms with Crippen LogP contribution < -0.4 is 5.32 Å². The molecule has 0 radical (unpaired) electrons. The number of nitrogens with zero attached hydrogens (tertiary/aromatic N) is 1. The summed E-state index contributed by atoms with van der Waals surface area (Å²) in [6.45, 7) is 11.2. The molecule has 1 heterocycles. The van der Waals surface area contributed by atoms with Crippen molar-refractivity contribution >= 4 is 0 Å². The Hall–Kier alpha value is -0.380. The van der Waals surface area contributed by atoms with E-state index in [-0.39, 0.29) is 0 Å². The van der Waals surface area contributed by atoms with Crippen LogP contribution in [0.2, 0.25) is 0 Å². The first kappa shape index (κ1) is 17.0. The molecule has 122 valence electrons. The summed E-state index contributed by atoms with van der Waals surface area (Å²) in [5, 5.41) is 3.83. The Labute approximate surface area is 131 Å². The molecule has 1 saturated carbocycles. The molecule has 1 N–H and O–H groups in total. The summed E-state index contributed by atoms with van der Waals surface area (Å²) in [5.41, 5.74) is 0. The van der Waals surface area contributed by atoms with Crippen LogP contribution in [0, 0.1) is 5.92 Å². The van der Waals surface area contributed by atoms with Gasteiger partial charge in [0.2, 0.25) is 0 Å². The van der Waals surface area contributed by atoms with Gasteiger partial charge in [-0.2, -0.15) is 0 Å². The molecule has 2 rings (SSSR count). The standard InChI is InChI=1S/C18H34N2O/c1-3-5-12-21-13-11-20-15-18(19-14-17(20)4-2)16-9-7-6-8-10-16/h3,16-19H,1,4-15H2,2H3. The lowest BCUT2D eigenvalue weighted by Crippen LogP contribution is -2.59. The van der Waals surface area contributed by atoms with Crippen molar-refractivity contribution in [3.63, 3.8) is 0 Å². The van der Waals surface area contributed by atoms with E-state index < -0.39 is 0 Å². The molecule has 21 heavy (non-hydrogen) atoms. The molecule has 1 aliphatic carbocycles. The molecule has 2 unspecified atom stereocenters. The van der Waals surface area contributed by atoms with Crippen molar-refractivity contribution in [2.45, 2.75) is 64.0 Å². The summed E-state index contributed by atoms with van der Waals surface area (Å²) in [6.07, 6.45) is 11.3. The molecule has 1 saturated heterocycles. The second-order valence-corrected chi connectivity index (χ2v) is 6.66. The SMILES string of the molecule is C=CCCOCCN1CC(C2CCCCC2)NCC1CC. The summed E-state index contributed by atoms with van der Waals surface area (Å²) in [4.78, 5) is 2.67. The number of ether oxygens (including phenoxy) is 1. The van der Waals surface area contributed by atoms with Gasteiger partial charge >= 0.3 is 0 Å². The zero-order valence-corrected chi connectivity index (χ0v) is 13.9. The van der Waals surface area contributed by atoms with Gasteiger partial charge in [-0.25, -0.2) is 0 Å². The second kappa shape index (κ2) is 9.60. The van der Waals surface area contributed by atoms with Gasteiger partial charge in [-0.05, 0) is 31.6 Å². The molecule has 0 bridgehead atoms. The van der Waals surface area contributed by atoms with Crippen LogP contribution in [0.3, 0.4) is 0 Å². The van der Waals surface area contributed by atoms with Crippen LogP contribution in [0.5, 0.6) is 0 Å². The molecule has 0 aromatic heterocycles. The molecule has 0 amide bonds. The first-order valence-electron chi connectivity index (χ1n) is 9.01. The molecule has 2 aliphatic rings. The van der Waals surface area contributed by atoms with Gasteiger partial charge in [-0.15, -0.1) is 6.58 Å². The Balaban J connectivity index is 1.76. The normalized spacial score (nSPS) is 28.6. The van der Waals surface area contributed by atoms with Crippen molar-refractivity contribution in [1.82, 2.24) is 10.2 Å². The third-order valence-electron chi connectivity index (χ3n) is 5.24. The third-order valence-corrected chi connectivity index (χ3v) is 5.24. The van der Waals surface area contributed by atoms with Gasteiger partial charge in [0, 0.05) is 31.7 Å². The van der Waals surface area contributed by atoms with Crippen molar-refractivity contribution < 1.29 is 4.74 Å². The Bertz CT molecular complexity index is 289. The molecule has 0 aromatic carbocycles. The van der Waals surface area contributed by atoms with Crippen LogP contribution in [0.4, 0.5) is 0 Å². The van der Waals surface area contributed by atoms with Gasteiger partial charge in [0.25, 0.3) is 0 Å². The summed E-state index contributed by atoms with van der Waals surface area (Å²) >= 11 is 0. The Kier molecular flexibility index (Phi) is 7.76. The monoisotopic (exact) mass is 294 g/mol. The highest BCUT2D eigenvalue weighted by molar-refractivity contribution is 4.90. The van der Waals surface area contributed by atoms with Gasteiger partial charge < -0.3 is 10.1 Å². The van der Waals surface area contributed by atoms with Crippen LogP contribution in [0.15, 0.2) is 12.7 Å². The second-order valence-electron chi connectivity index (χ2n) is 6.66.